The Morgan fingerprint density at radius 3 is 2.72 bits per heavy atom. The molecule has 0 aromatic heterocycles. The van der Waals surface area contributed by atoms with Crippen LogP contribution in [0.1, 0.15) is 23.7 Å². The molecule has 1 aliphatic carbocycles. The third kappa shape index (κ3) is 5.43. The third-order valence-electron chi connectivity index (χ3n) is 3.88. The fourth-order valence-electron chi connectivity index (χ4n) is 2.57. The molecule has 0 bridgehead atoms. The van der Waals surface area contributed by atoms with E-state index in [1.54, 1.807) is 31.2 Å². The molecule has 25 heavy (non-hydrogen) atoms. The van der Waals surface area contributed by atoms with Crippen molar-refractivity contribution in [1.82, 2.24) is 5.32 Å². The lowest BCUT2D eigenvalue weighted by Crippen LogP contribution is -2.40. The van der Waals surface area contributed by atoms with Gasteiger partial charge < -0.3 is 15.2 Å². The maximum Gasteiger partial charge on any atom is 0.335 e. The highest BCUT2D eigenvalue weighted by molar-refractivity contribution is 5.94. The van der Waals surface area contributed by atoms with Crippen molar-refractivity contribution in [1.29, 1.82) is 0 Å². The second-order valence-electron chi connectivity index (χ2n) is 5.61. The normalized spacial score (nSPS) is 15.7. The fraction of sp³-hybridized carbons (Fsp3) is 0.300. The summed E-state index contributed by atoms with van der Waals surface area (Å²) in [5, 5.41) is 13.2. The minimum Gasteiger partial charge on any atom is -0.464 e. The monoisotopic (exact) mass is 341 g/mol. The van der Waals surface area contributed by atoms with Gasteiger partial charge in [-0.05, 0) is 31.1 Å². The molecule has 132 valence electrons. The molecule has 1 aromatic carbocycles. The van der Waals surface area contributed by atoms with Gasteiger partial charge in [0.1, 0.15) is 0 Å². The van der Waals surface area contributed by atoms with E-state index in [4.69, 9.17) is 4.74 Å². The topological polar surface area (TPSA) is 75.6 Å². The molecule has 2 N–H and O–H groups in total. The van der Waals surface area contributed by atoms with Crippen LogP contribution in [-0.2, 0) is 9.53 Å². The minimum absolute atomic E-state index is 0.129. The molecule has 1 aliphatic rings. The standard InChI is InChI=1S/C20H23NO4/c1-2-25-20(24)18(22)17(15-10-6-3-4-7-11-15)14-21-19(23)16-12-8-5-9-13-16/h3-6,8-13,17-18,22H,2,7,14H2,1H3,(H,21,23)/t17-,18+/m0/s1. The van der Waals surface area contributed by atoms with E-state index >= 15 is 0 Å². The average molecular weight is 341 g/mol. The van der Waals surface area contributed by atoms with Gasteiger partial charge in [0.2, 0.25) is 0 Å². The van der Waals surface area contributed by atoms with Crippen LogP contribution in [0.4, 0.5) is 0 Å². The highest BCUT2D eigenvalue weighted by atomic mass is 16.5. The van der Waals surface area contributed by atoms with Crippen molar-refractivity contribution in [2.45, 2.75) is 19.4 Å². The molecule has 0 aliphatic heterocycles. The van der Waals surface area contributed by atoms with Crippen molar-refractivity contribution in [2.75, 3.05) is 13.2 Å². The number of aliphatic hydroxyl groups excluding tert-OH is 1. The number of hydrogen-bond donors (Lipinski definition) is 2. The zero-order valence-corrected chi connectivity index (χ0v) is 14.2. The maximum atomic E-state index is 12.3. The van der Waals surface area contributed by atoms with Gasteiger partial charge in [-0.3, -0.25) is 4.79 Å². The van der Waals surface area contributed by atoms with Crippen LogP contribution in [0, 0.1) is 5.92 Å². The van der Waals surface area contributed by atoms with E-state index < -0.39 is 18.0 Å². The van der Waals surface area contributed by atoms with Gasteiger partial charge in [0.25, 0.3) is 5.91 Å². The van der Waals surface area contributed by atoms with Gasteiger partial charge in [-0.2, -0.15) is 0 Å². The van der Waals surface area contributed by atoms with Crippen molar-refractivity contribution in [2.24, 2.45) is 5.92 Å². The number of carbonyl (C=O) groups is 2. The lowest BCUT2D eigenvalue weighted by molar-refractivity contribution is -0.155. The summed E-state index contributed by atoms with van der Waals surface area (Å²) in [6.07, 6.45) is 8.85. The molecular formula is C20H23NO4. The fourth-order valence-corrected chi connectivity index (χ4v) is 2.57. The number of aliphatic hydroxyl groups is 1. The summed E-state index contributed by atoms with van der Waals surface area (Å²) in [6, 6.07) is 8.81. The van der Waals surface area contributed by atoms with Gasteiger partial charge in [0.15, 0.2) is 6.10 Å². The number of nitrogens with one attached hydrogen (secondary N) is 1. The van der Waals surface area contributed by atoms with Crippen LogP contribution in [-0.4, -0.2) is 36.2 Å². The van der Waals surface area contributed by atoms with Crippen molar-refractivity contribution in [3.8, 4) is 0 Å². The van der Waals surface area contributed by atoms with Crippen LogP contribution in [0.2, 0.25) is 0 Å². The lowest BCUT2D eigenvalue weighted by Gasteiger charge is -2.23. The number of rotatable bonds is 7. The summed E-state index contributed by atoms with van der Waals surface area (Å²) in [6.45, 7) is 2.00. The van der Waals surface area contributed by atoms with Crippen molar-refractivity contribution < 1.29 is 19.4 Å². The summed E-state index contributed by atoms with van der Waals surface area (Å²) in [5.74, 6) is -1.52. The molecule has 1 aromatic rings. The Balaban J connectivity index is 2.12. The van der Waals surface area contributed by atoms with Crippen LogP contribution < -0.4 is 5.32 Å². The summed E-state index contributed by atoms with van der Waals surface area (Å²) in [4.78, 5) is 24.2. The molecule has 2 atom stereocenters. The first kappa shape index (κ1) is 18.7. The van der Waals surface area contributed by atoms with E-state index in [0.29, 0.717) is 12.0 Å². The summed E-state index contributed by atoms with van der Waals surface area (Å²) in [7, 11) is 0. The first-order valence-corrected chi connectivity index (χ1v) is 8.34. The minimum atomic E-state index is -1.34. The molecule has 0 heterocycles. The third-order valence-corrected chi connectivity index (χ3v) is 3.88. The molecule has 5 heteroatoms. The van der Waals surface area contributed by atoms with E-state index in [-0.39, 0.29) is 19.1 Å². The molecule has 0 spiro atoms. The van der Waals surface area contributed by atoms with Crippen LogP contribution in [0.5, 0.6) is 0 Å². The van der Waals surface area contributed by atoms with Gasteiger partial charge in [0, 0.05) is 18.0 Å². The second-order valence-corrected chi connectivity index (χ2v) is 5.61. The van der Waals surface area contributed by atoms with E-state index in [1.807, 2.05) is 36.4 Å². The van der Waals surface area contributed by atoms with Crippen molar-refractivity contribution in [3.63, 3.8) is 0 Å². The highest BCUT2D eigenvalue weighted by Crippen LogP contribution is 2.20. The Bertz CT molecular complexity index is 676. The number of amides is 1. The quantitative estimate of drug-likeness (QED) is 0.747. The molecule has 5 nitrogen and oxygen atoms in total. The molecule has 0 unspecified atom stereocenters. The first-order valence-electron chi connectivity index (χ1n) is 8.34. The number of esters is 1. The summed E-state index contributed by atoms with van der Waals surface area (Å²) in [5.41, 5.74) is 1.32. The maximum absolute atomic E-state index is 12.3. The van der Waals surface area contributed by atoms with E-state index in [2.05, 4.69) is 5.32 Å². The Morgan fingerprint density at radius 1 is 1.24 bits per heavy atom. The number of benzene rings is 1. The van der Waals surface area contributed by atoms with Gasteiger partial charge in [-0.25, -0.2) is 4.79 Å². The molecular weight excluding hydrogens is 318 g/mol. The number of ether oxygens (including phenoxy) is 1. The summed E-state index contributed by atoms with van der Waals surface area (Å²) >= 11 is 0. The van der Waals surface area contributed by atoms with Gasteiger partial charge >= 0.3 is 5.97 Å². The predicted octanol–water partition coefficient (Wildman–Crippen LogP) is 2.40. The SMILES string of the molecule is CCOC(=O)[C@H](O)[C@@H](CNC(=O)c1ccccc1)C1=CCC=CC=C1. The zero-order valence-electron chi connectivity index (χ0n) is 14.2. The smallest absolute Gasteiger partial charge is 0.335 e. The van der Waals surface area contributed by atoms with Crippen LogP contribution >= 0.6 is 0 Å². The van der Waals surface area contributed by atoms with Crippen molar-refractivity contribution in [3.05, 3.63) is 71.8 Å². The predicted molar refractivity (Wildman–Crippen MR) is 95.9 cm³/mol. The zero-order chi connectivity index (χ0) is 18.1. The van der Waals surface area contributed by atoms with Crippen molar-refractivity contribution >= 4 is 11.9 Å². The lowest BCUT2D eigenvalue weighted by atomic mass is 9.91. The van der Waals surface area contributed by atoms with Crippen LogP contribution in [0.15, 0.2) is 66.3 Å². The molecule has 1 amide bonds. The number of carbonyl (C=O) groups excluding carboxylic acids is 2. The van der Waals surface area contributed by atoms with Crippen LogP contribution in [0.3, 0.4) is 0 Å². The van der Waals surface area contributed by atoms with Gasteiger partial charge in [0.05, 0.1) is 6.61 Å². The Morgan fingerprint density at radius 2 is 2.00 bits per heavy atom. The number of allylic oxidation sites excluding steroid dienone is 5. The molecule has 0 saturated carbocycles. The van der Waals surface area contributed by atoms with E-state index in [1.165, 1.54) is 0 Å². The van der Waals surface area contributed by atoms with Gasteiger partial charge in [-0.1, -0.05) is 48.6 Å². The summed E-state index contributed by atoms with van der Waals surface area (Å²) < 4.78 is 4.93. The molecule has 0 fully saturated rings. The Labute approximate surface area is 147 Å². The average Bonchev–Trinajstić information content (AvgIpc) is 2.92. The molecule has 0 saturated heterocycles. The number of hydrogen-bond acceptors (Lipinski definition) is 4. The Hall–Kier alpha value is -2.66. The van der Waals surface area contributed by atoms with E-state index in [0.717, 1.165) is 5.57 Å². The molecule has 0 radical (unpaired) electrons. The van der Waals surface area contributed by atoms with E-state index in [9.17, 15) is 14.7 Å². The van der Waals surface area contributed by atoms with Crippen LogP contribution in [0.25, 0.3) is 0 Å². The Kier molecular flexibility index (Phi) is 7.16. The second kappa shape index (κ2) is 9.59. The first-order chi connectivity index (χ1) is 12.1. The largest absolute Gasteiger partial charge is 0.464 e. The van der Waals surface area contributed by atoms with Gasteiger partial charge in [-0.15, -0.1) is 0 Å². The molecule has 2 rings (SSSR count). The highest BCUT2D eigenvalue weighted by Gasteiger charge is 2.30.